The molecule has 0 heteroatoms. The maximum absolute atomic E-state index is 2.36. The number of fused-ring (bicyclic) bond motifs is 5. The third kappa shape index (κ3) is 16.6. The largest absolute Gasteiger partial charge is 0.0613 e. The molecule has 0 saturated heterocycles. The molecule has 0 heterocycles. The molecule has 420 valence electrons. The molecule has 0 unspecified atom stereocenters. The first-order chi connectivity index (χ1) is 37.9. The van der Waals surface area contributed by atoms with E-state index in [0.717, 1.165) is 0 Å². The zero-order chi connectivity index (χ0) is 58.5. The normalized spacial score (nSPS) is 11.6. The van der Waals surface area contributed by atoms with Gasteiger partial charge in [-0.25, -0.2) is 0 Å². The Morgan fingerprint density at radius 1 is 0.163 bits per heavy atom. The van der Waals surface area contributed by atoms with Gasteiger partial charge in [0.15, 0.2) is 0 Å². The van der Waals surface area contributed by atoms with E-state index in [2.05, 4.69) is 320 Å². The fraction of sp³-hybridized carbons (Fsp3) is 0.375. The van der Waals surface area contributed by atoms with Gasteiger partial charge in [-0.15, -0.1) is 0 Å². The van der Waals surface area contributed by atoms with Crippen LogP contribution in [0.2, 0.25) is 0 Å². The minimum atomic E-state index is 0.589. The van der Waals surface area contributed by atoms with Crippen LogP contribution < -0.4 is 0 Å². The Hall–Kier alpha value is -6.50. The molecular formula is C80H100. The van der Waals surface area contributed by atoms with E-state index in [1.165, 1.54) is 109 Å². The number of benzene rings is 10. The number of hydrogen-bond acceptors (Lipinski definition) is 0. The van der Waals surface area contributed by atoms with E-state index in [1.54, 1.807) is 0 Å². The predicted molar refractivity (Wildman–Crippen MR) is 361 cm³/mol. The Labute approximate surface area is 486 Å². The molecule has 0 radical (unpaired) electrons. The second-order valence-corrected chi connectivity index (χ2v) is 25.8. The summed E-state index contributed by atoms with van der Waals surface area (Å²) < 4.78 is 0. The van der Waals surface area contributed by atoms with E-state index in [0.29, 0.717) is 59.2 Å². The van der Waals surface area contributed by atoms with Gasteiger partial charge in [-0.05, 0) is 169 Å². The van der Waals surface area contributed by atoms with E-state index in [9.17, 15) is 0 Å². The van der Waals surface area contributed by atoms with Crippen LogP contribution in [-0.4, -0.2) is 0 Å². The monoisotopic (exact) mass is 1060 g/mol. The van der Waals surface area contributed by atoms with Gasteiger partial charge >= 0.3 is 0 Å². The first-order valence-corrected chi connectivity index (χ1v) is 30.6. The van der Waals surface area contributed by atoms with Gasteiger partial charge in [0.2, 0.25) is 0 Å². The number of hydrogen-bond donors (Lipinski definition) is 0. The summed E-state index contributed by atoms with van der Waals surface area (Å²) in [7, 11) is 0. The molecule has 0 aliphatic carbocycles. The van der Waals surface area contributed by atoms with E-state index in [1.807, 2.05) is 0 Å². The van der Waals surface area contributed by atoms with E-state index < -0.39 is 0 Å². The van der Waals surface area contributed by atoms with Crippen LogP contribution in [0.15, 0.2) is 182 Å². The number of rotatable bonds is 10. The molecule has 80 heavy (non-hydrogen) atoms. The summed E-state index contributed by atoms with van der Waals surface area (Å²) >= 11 is 0. The molecule has 0 aromatic heterocycles. The van der Waals surface area contributed by atoms with E-state index in [4.69, 9.17) is 0 Å². The van der Waals surface area contributed by atoms with Crippen LogP contribution in [0.1, 0.15) is 253 Å². The van der Waals surface area contributed by atoms with Gasteiger partial charge in [0.25, 0.3) is 0 Å². The molecule has 0 fully saturated rings. The molecule has 0 spiro atoms. The molecule has 0 amide bonds. The molecule has 0 aliphatic rings. The van der Waals surface area contributed by atoms with Crippen LogP contribution in [0.4, 0.5) is 0 Å². The first kappa shape index (κ1) is 62.7. The lowest BCUT2D eigenvalue weighted by Crippen LogP contribution is -1.92. The third-order valence-corrected chi connectivity index (χ3v) is 16.1. The second kappa shape index (κ2) is 28.8. The maximum Gasteiger partial charge on any atom is -0.0146 e. The quantitative estimate of drug-likeness (QED) is 0.128. The Balaban J connectivity index is 0.000000161. The Morgan fingerprint density at radius 2 is 0.400 bits per heavy atom. The van der Waals surface area contributed by atoms with Crippen molar-refractivity contribution in [2.75, 3.05) is 0 Å². The molecule has 10 rings (SSSR count). The SMILES string of the molecule is CC(C)c1ccc2c(C(C)C)cccc2c1.CC(C)c1ccc2c(C(C)C)cccc2c1.CC(C)c1ccc2cc(C(C)C)ccc2c1.CC(C)c1ccc2ccc(C(C)C)cc2c1.CC(C)c1ccc2cccc(C(C)C)c2c1. The summed E-state index contributed by atoms with van der Waals surface area (Å²) in [6, 6.07) is 67.6. The summed E-state index contributed by atoms with van der Waals surface area (Å²) in [5.74, 6) is 6.00. The highest BCUT2D eigenvalue weighted by Gasteiger charge is 2.11. The second-order valence-electron chi connectivity index (χ2n) is 25.8. The zero-order valence-electron chi connectivity index (χ0n) is 53.1. The Bertz CT molecular complexity index is 3340. The van der Waals surface area contributed by atoms with Gasteiger partial charge in [-0.3, -0.25) is 0 Å². The summed E-state index contributed by atoms with van der Waals surface area (Å²) in [6.45, 7) is 44.9. The molecule has 0 aliphatic heterocycles. The Morgan fingerprint density at radius 3 is 0.713 bits per heavy atom. The van der Waals surface area contributed by atoms with E-state index >= 15 is 0 Å². The van der Waals surface area contributed by atoms with Crippen LogP contribution in [0, 0.1) is 0 Å². The lowest BCUT2D eigenvalue weighted by Gasteiger charge is -2.12. The topological polar surface area (TPSA) is 0 Å². The molecular weight excluding hydrogens is 961 g/mol. The highest BCUT2D eigenvalue weighted by atomic mass is 14.2. The van der Waals surface area contributed by atoms with Crippen molar-refractivity contribution in [3.8, 4) is 0 Å². The molecule has 10 aromatic carbocycles. The average Bonchev–Trinajstić information content (AvgIpc) is 3.51. The third-order valence-electron chi connectivity index (χ3n) is 16.1. The van der Waals surface area contributed by atoms with Crippen LogP contribution in [-0.2, 0) is 0 Å². The molecule has 10 aromatic rings. The maximum atomic E-state index is 2.36. The fourth-order valence-electron chi connectivity index (χ4n) is 10.6. The van der Waals surface area contributed by atoms with Crippen LogP contribution >= 0.6 is 0 Å². The average molecular weight is 1060 g/mol. The summed E-state index contributed by atoms with van der Waals surface area (Å²) in [5, 5.41) is 13.8. The van der Waals surface area contributed by atoms with Crippen molar-refractivity contribution in [2.45, 2.75) is 198 Å². The van der Waals surface area contributed by atoms with Crippen LogP contribution in [0.5, 0.6) is 0 Å². The predicted octanol–water partition coefficient (Wildman–Crippen LogP) is 25.4. The van der Waals surface area contributed by atoms with Crippen molar-refractivity contribution in [2.24, 2.45) is 0 Å². The lowest BCUT2D eigenvalue weighted by atomic mass is 9.92. The lowest BCUT2D eigenvalue weighted by molar-refractivity contribution is 0.862. The standard InChI is InChI=1S/5C16H20/c1-11(2)13-5-7-16-10-14(12(3)4)6-8-15(16)9-13;1-11(2)14-7-5-13-6-8-15(12(3)4)10-16(13)9-14;2*1-11(2)13-8-9-16-14(10-13)6-5-7-15(16)12(3)4;1-11(2)14-9-8-13-6-5-7-15(12(3)4)16(13)10-14/h5*5-12H,1-4H3. The van der Waals surface area contributed by atoms with Gasteiger partial charge in [0.1, 0.15) is 0 Å². The zero-order valence-corrected chi connectivity index (χ0v) is 53.1. The van der Waals surface area contributed by atoms with Gasteiger partial charge in [0.05, 0.1) is 0 Å². The van der Waals surface area contributed by atoms with Gasteiger partial charge in [-0.1, -0.05) is 320 Å². The summed E-state index contributed by atoms with van der Waals surface area (Å²) in [5.41, 5.74) is 14.3. The minimum Gasteiger partial charge on any atom is -0.0613 e. The first-order valence-electron chi connectivity index (χ1n) is 30.6. The van der Waals surface area contributed by atoms with Crippen LogP contribution in [0.3, 0.4) is 0 Å². The highest BCUT2D eigenvalue weighted by Crippen LogP contribution is 2.32. The van der Waals surface area contributed by atoms with Gasteiger partial charge < -0.3 is 0 Å². The van der Waals surface area contributed by atoms with Crippen molar-refractivity contribution in [1.29, 1.82) is 0 Å². The molecule has 0 nitrogen and oxygen atoms in total. The molecule has 0 N–H and O–H groups in total. The summed E-state index contributed by atoms with van der Waals surface area (Å²) in [6.07, 6.45) is 0. The summed E-state index contributed by atoms with van der Waals surface area (Å²) in [4.78, 5) is 0. The van der Waals surface area contributed by atoms with Crippen LogP contribution in [0.25, 0.3) is 53.9 Å². The fourth-order valence-corrected chi connectivity index (χ4v) is 10.6. The minimum absolute atomic E-state index is 0.589. The van der Waals surface area contributed by atoms with Crippen molar-refractivity contribution in [1.82, 2.24) is 0 Å². The van der Waals surface area contributed by atoms with Gasteiger partial charge in [-0.2, -0.15) is 0 Å². The van der Waals surface area contributed by atoms with Crippen molar-refractivity contribution >= 4 is 53.9 Å². The van der Waals surface area contributed by atoms with Crippen molar-refractivity contribution in [3.63, 3.8) is 0 Å². The molecule has 0 saturated carbocycles. The van der Waals surface area contributed by atoms with Gasteiger partial charge in [0, 0.05) is 0 Å². The smallest absolute Gasteiger partial charge is 0.0146 e. The molecule has 0 bridgehead atoms. The molecule has 0 atom stereocenters. The van der Waals surface area contributed by atoms with Crippen molar-refractivity contribution < 1.29 is 0 Å². The van der Waals surface area contributed by atoms with E-state index in [-0.39, 0.29) is 0 Å². The highest BCUT2D eigenvalue weighted by molar-refractivity contribution is 5.89. The van der Waals surface area contributed by atoms with Crippen molar-refractivity contribution in [3.05, 3.63) is 238 Å². The Kier molecular flexibility index (Phi) is 22.5.